The Hall–Kier alpha value is -0.785. The van der Waals surface area contributed by atoms with Crippen molar-refractivity contribution in [1.82, 2.24) is 0 Å². The van der Waals surface area contributed by atoms with E-state index in [-0.39, 0.29) is 6.08 Å². The van der Waals surface area contributed by atoms with Crippen LogP contribution in [-0.4, -0.2) is 29.4 Å². The van der Waals surface area contributed by atoms with Gasteiger partial charge in [-0.1, -0.05) is 0 Å². The molecule has 1 atom stereocenters. The molecule has 3 nitrogen and oxygen atoms in total. The molecule has 0 heterocycles. The maximum absolute atomic E-state index is 12.8. The number of rotatable bonds is 2. The summed E-state index contributed by atoms with van der Waals surface area (Å²) in [6.45, 7) is 0. The first kappa shape index (κ1) is 10.3. The van der Waals surface area contributed by atoms with Crippen LogP contribution in [0, 0.1) is 0 Å². The number of allylic oxidation sites excluding steroid dienone is 2. The van der Waals surface area contributed by atoms with E-state index in [1.54, 1.807) is 0 Å². The summed E-state index contributed by atoms with van der Waals surface area (Å²) >= 11 is 0. The Morgan fingerprint density at radius 1 is 1.46 bits per heavy atom. The van der Waals surface area contributed by atoms with Gasteiger partial charge in [0.1, 0.15) is 11.9 Å². The van der Waals surface area contributed by atoms with Crippen molar-refractivity contribution >= 4 is 7.32 Å². The summed E-state index contributed by atoms with van der Waals surface area (Å²) in [6, 6.07) is 0. The van der Waals surface area contributed by atoms with Gasteiger partial charge in [-0.25, -0.2) is 4.39 Å². The lowest BCUT2D eigenvalue weighted by molar-refractivity contribution is -0.0524. The van der Waals surface area contributed by atoms with Gasteiger partial charge in [-0.05, 0) is 12.2 Å². The van der Waals surface area contributed by atoms with Crippen LogP contribution >= 0.6 is 0 Å². The predicted octanol–water partition coefficient (Wildman–Crippen LogP) is 0.400. The second kappa shape index (κ2) is 3.53. The molecular weight excluding hydrogens is 188 g/mol. The van der Waals surface area contributed by atoms with Crippen LogP contribution in [0.25, 0.3) is 0 Å². The van der Waals surface area contributed by atoms with Gasteiger partial charge in [0.2, 0.25) is 0 Å². The average Bonchev–Trinajstić information content (AvgIpc) is 1.93. The molecule has 1 aliphatic carbocycles. The first-order chi connectivity index (χ1) is 5.92. The zero-order chi connectivity index (χ0) is 10.1. The van der Waals surface area contributed by atoms with Crippen LogP contribution in [-0.2, 0) is 4.65 Å². The molecule has 0 fully saturated rings. The van der Waals surface area contributed by atoms with Crippen LogP contribution in [0.4, 0.5) is 13.2 Å². The number of halogens is 3. The summed E-state index contributed by atoms with van der Waals surface area (Å²) in [6.07, 6.45) is -0.314. The van der Waals surface area contributed by atoms with Crippen LogP contribution in [0.5, 0.6) is 0 Å². The van der Waals surface area contributed by atoms with Crippen LogP contribution < -0.4 is 0 Å². The fourth-order valence-corrected chi connectivity index (χ4v) is 0.889. The largest absolute Gasteiger partial charge is 0.634 e. The van der Waals surface area contributed by atoms with E-state index in [2.05, 4.69) is 4.65 Å². The summed E-state index contributed by atoms with van der Waals surface area (Å²) in [5.74, 6) is -4.65. The third kappa shape index (κ3) is 2.58. The Labute approximate surface area is 72.3 Å². The highest BCUT2D eigenvalue weighted by molar-refractivity contribution is 6.32. The van der Waals surface area contributed by atoms with Gasteiger partial charge in [-0.15, -0.1) is 0 Å². The Kier molecular flexibility index (Phi) is 2.79. The molecule has 1 unspecified atom stereocenters. The van der Waals surface area contributed by atoms with Gasteiger partial charge in [-0.3, -0.25) is 0 Å². The van der Waals surface area contributed by atoms with Crippen molar-refractivity contribution in [1.29, 1.82) is 0 Å². The van der Waals surface area contributed by atoms with Gasteiger partial charge >= 0.3 is 7.32 Å². The van der Waals surface area contributed by atoms with Crippen molar-refractivity contribution in [2.24, 2.45) is 0 Å². The highest BCUT2D eigenvalue weighted by Gasteiger charge is 2.41. The molecule has 0 radical (unpaired) electrons. The summed E-state index contributed by atoms with van der Waals surface area (Å²) in [7, 11) is -2.31. The summed E-state index contributed by atoms with van der Waals surface area (Å²) in [4.78, 5) is 0. The molecule has 72 valence electrons. The lowest BCUT2D eigenvalue weighted by Crippen LogP contribution is -2.39. The minimum absolute atomic E-state index is 0.0556. The molecule has 13 heavy (non-hydrogen) atoms. The maximum atomic E-state index is 12.8. The number of hydrogen-bond donors (Lipinski definition) is 2. The molecule has 0 aromatic heterocycles. The van der Waals surface area contributed by atoms with E-state index in [1.807, 2.05) is 0 Å². The van der Waals surface area contributed by atoms with Crippen molar-refractivity contribution < 1.29 is 27.9 Å². The SMILES string of the molecule is OB(O)OC1C=CC(F)=CC1(F)F. The van der Waals surface area contributed by atoms with E-state index in [4.69, 9.17) is 10.0 Å². The normalized spacial score (nSPS) is 25.6. The minimum Gasteiger partial charge on any atom is -0.402 e. The molecular formula is C6H6BF3O3. The Balaban J connectivity index is 2.73. The molecule has 2 N–H and O–H groups in total. The molecule has 0 aliphatic heterocycles. The minimum atomic E-state index is -3.57. The molecule has 0 aromatic rings. The van der Waals surface area contributed by atoms with Crippen molar-refractivity contribution in [2.75, 3.05) is 0 Å². The Morgan fingerprint density at radius 3 is 2.54 bits per heavy atom. The molecule has 0 aromatic carbocycles. The third-order valence-electron chi connectivity index (χ3n) is 1.41. The monoisotopic (exact) mass is 194 g/mol. The molecule has 0 bridgehead atoms. The van der Waals surface area contributed by atoms with Crippen molar-refractivity contribution in [3.8, 4) is 0 Å². The first-order valence-corrected chi connectivity index (χ1v) is 3.38. The topological polar surface area (TPSA) is 49.7 Å². The predicted molar refractivity (Wildman–Crippen MR) is 38.3 cm³/mol. The second-order valence-electron chi connectivity index (χ2n) is 2.45. The lowest BCUT2D eigenvalue weighted by atomic mass is 10.1. The number of alkyl halides is 2. The van der Waals surface area contributed by atoms with Crippen molar-refractivity contribution in [2.45, 2.75) is 12.0 Å². The number of hydrogen-bond acceptors (Lipinski definition) is 3. The zero-order valence-electron chi connectivity index (χ0n) is 6.32. The van der Waals surface area contributed by atoms with Crippen LogP contribution in [0.3, 0.4) is 0 Å². The molecule has 0 saturated heterocycles. The van der Waals surface area contributed by atoms with E-state index >= 15 is 0 Å². The van der Waals surface area contributed by atoms with Gasteiger partial charge in [0, 0.05) is 6.08 Å². The van der Waals surface area contributed by atoms with Gasteiger partial charge < -0.3 is 14.7 Å². The third-order valence-corrected chi connectivity index (χ3v) is 1.41. The molecule has 0 amide bonds. The standard InChI is InChI=1S/C6H6BF3O3/c8-4-1-2-5(13-7(11)12)6(9,10)3-4/h1-3,5,11-12H. The average molecular weight is 194 g/mol. The summed E-state index contributed by atoms with van der Waals surface area (Å²) in [5.41, 5.74) is 0. The van der Waals surface area contributed by atoms with E-state index in [0.29, 0.717) is 0 Å². The molecule has 1 aliphatic rings. The van der Waals surface area contributed by atoms with E-state index in [9.17, 15) is 13.2 Å². The van der Waals surface area contributed by atoms with Gasteiger partial charge in [0.05, 0.1) is 0 Å². The molecule has 7 heteroatoms. The van der Waals surface area contributed by atoms with Gasteiger partial charge in [-0.2, -0.15) is 8.78 Å². The Morgan fingerprint density at radius 2 is 2.08 bits per heavy atom. The van der Waals surface area contributed by atoms with E-state index in [1.165, 1.54) is 0 Å². The van der Waals surface area contributed by atoms with Crippen LogP contribution in [0.1, 0.15) is 0 Å². The molecule has 1 rings (SSSR count). The van der Waals surface area contributed by atoms with Gasteiger partial charge in [0.25, 0.3) is 5.92 Å². The van der Waals surface area contributed by atoms with Crippen LogP contribution in [0.15, 0.2) is 24.1 Å². The summed E-state index contributed by atoms with van der Waals surface area (Å²) in [5, 5.41) is 16.5. The highest BCUT2D eigenvalue weighted by Crippen LogP contribution is 2.30. The van der Waals surface area contributed by atoms with Crippen molar-refractivity contribution in [3.05, 3.63) is 24.1 Å². The maximum Gasteiger partial charge on any atom is 0.634 e. The quantitative estimate of drug-likeness (QED) is 0.625. The fraction of sp³-hybridized carbons (Fsp3) is 0.333. The summed E-state index contributed by atoms with van der Waals surface area (Å²) < 4.78 is 41.9. The fourth-order valence-electron chi connectivity index (χ4n) is 0.889. The van der Waals surface area contributed by atoms with Gasteiger partial charge in [0.15, 0.2) is 0 Å². The zero-order valence-corrected chi connectivity index (χ0v) is 6.32. The van der Waals surface area contributed by atoms with E-state index < -0.39 is 25.2 Å². The smallest absolute Gasteiger partial charge is 0.402 e. The molecule has 0 spiro atoms. The van der Waals surface area contributed by atoms with Crippen molar-refractivity contribution in [3.63, 3.8) is 0 Å². The molecule has 0 saturated carbocycles. The van der Waals surface area contributed by atoms with E-state index in [0.717, 1.165) is 12.2 Å². The van der Waals surface area contributed by atoms with Crippen LogP contribution in [0.2, 0.25) is 0 Å². The second-order valence-corrected chi connectivity index (χ2v) is 2.45. The lowest BCUT2D eigenvalue weighted by Gasteiger charge is -2.23. The first-order valence-electron chi connectivity index (χ1n) is 3.38. The Bertz CT molecular complexity index is 252. The highest BCUT2D eigenvalue weighted by atomic mass is 19.3.